The molecule has 0 aliphatic heterocycles. The van der Waals surface area contributed by atoms with E-state index in [1.807, 2.05) is 44.2 Å². The van der Waals surface area contributed by atoms with Gasteiger partial charge in [-0.05, 0) is 79.7 Å². The fraction of sp³-hybridized carbons (Fsp3) is 0.125. The van der Waals surface area contributed by atoms with Crippen molar-refractivity contribution in [3.8, 4) is 17.2 Å². The second kappa shape index (κ2) is 8.57. The van der Waals surface area contributed by atoms with Gasteiger partial charge in [-0.1, -0.05) is 18.2 Å². The maximum atomic E-state index is 12.5. The number of oxazole rings is 1. The summed E-state index contributed by atoms with van der Waals surface area (Å²) < 4.78 is 11.2. The third-order valence-electron chi connectivity index (χ3n) is 4.79. The fourth-order valence-electron chi connectivity index (χ4n) is 3.36. The molecule has 1 aromatic heterocycles. The van der Waals surface area contributed by atoms with Crippen LogP contribution in [0.25, 0.3) is 22.6 Å². The Bertz CT molecular complexity index is 1280. The smallest absolute Gasteiger partial charge is 0.261 e. The first-order chi connectivity index (χ1) is 14.9. The third-order valence-corrected chi connectivity index (χ3v) is 4.99. The maximum Gasteiger partial charge on any atom is 0.261 e. The number of aryl methyl sites for hydroxylation is 2. The molecular formula is C24H21N3O3S. The number of fused-ring (bicyclic) bond motifs is 1. The molecule has 0 saturated carbocycles. The molecule has 0 spiro atoms. The summed E-state index contributed by atoms with van der Waals surface area (Å²) >= 11 is 5.27. The highest BCUT2D eigenvalue weighted by Gasteiger charge is 2.14. The van der Waals surface area contributed by atoms with Crippen LogP contribution in [0.3, 0.4) is 0 Å². The summed E-state index contributed by atoms with van der Waals surface area (Å²) in [7, 11) is 1.52. The van der Waals surface area contributed by atoms with E-state index >= 15 is 0 Å². The Labute approximate surface area is 185 Å². The predicted molar refractivity (Wildman–Crippen MR) is 126 cm³/mol. The van der Waals surface area contributed by atoms with E-state index in [1.54, 1.807) is 24.3 Å². The maximum absolute atomic E-state index is 12.5. The van der Waals surface area contributed by atoms with Crippen molar-refractivity contribution in [2.45, 2.75) is 13.8 Å². The lowest BCUT2D eigenvalue weighted by atomic mass is 10.1. The summed E-state index contributed by atoms with van der Waals surface area (Å²) in [4.78, 5) is 17.1. The Kier molecular flexibility index (Phi) is 5.68. The lowest BCUT2D eigenvalue weighted by Crippen LogP contribution is -2.34. The van der Waals surface area contributed by atoms with Gasteiger partial charge in [-0.15, -0.1) is 0 Å². The summed E-state index contributed by atoms with van der Waals surface area (Å²) in [5, 5.41) is 5.87. The predicted octanol–water partition coefficient (Wildman–Crippen LogP) is 5.25. The number of benzene rings is 3. The molecule has 0 saturated heterocycles. The van der Waals surface area contributed by atoms with E-state index in [9.17, 15) is 4.79 Å². The van der Waals surface area contributed by atoms with E-state index < -0.39 is 0 Å². The third kappa shape index (κ3) is 4.41. The lowest BCUT2D eigenvalue weighted by molar-refractivity contribution is 0.0975. The van der Waals surface area contributed by atoms with Crippen molar-refractivity contribution in [1.29, 1.82) is 0 Å². The van der Waals surface area contributed by atoms with Crippen LogP contribution in [-0.4, -0.2) is 23.1 Å². The number of carbonyl (C=O) groups excluding carboxylic acids is 1. The second-order valence-electron chi connectivity index (χ2n) is 7.13. The lowest BCUT2D eigenvalue weighted by Gasteiger charge is -2.11. The topological polar surface area (TPSA) is 76.4 Å². The van der Waals surface area contributed by atoms with Gasteiger partial charge in [-0.2, -0.15) is 0 Å². The Morgan fingerprint density at radius 3 is 2.55 bits per heavy atom. The Balaban J connectivity index is 1.45. The number of carbonyl (C=O) groups is 1. The number of nitrogens with one attached hydrogen (secondary N) is 2. The number of thiocarbonyl (C=S) groups is 1. The molecule has 4 rings (SSSR count). The minimum absolute atomic E-state index is 0.191. The number of anilines is 1. The molecule has 1 heterocycles. The number of ether oxygens (including phenoxy) is 1. The summed E-state index contributed by atoms with van der Waals surface area (Å²) in [6, 6.07) is 18.5. The van der Waals surface area contributed by atoms with Crippen molar-refractivity contribution in [2.24, 2.45) is 0 Å². The summed E-state index contributed by atoms with van der Waals surface area (Å²) in [5.74, 6) is 0.696. The number of hydrogen-bond donors (Lipinski definition) is 2. The van der Waals surface area contributed by atoms with Gasteiger partial charge in [0.1, 0.15) is 11.3 Å². The van der Waals surface area contributed by atoms with Gasteiger partial charge in [0.2, 0.25) is 5.89 Å². The zero-order valence-electron chi connectivity index (χ0n) is 17.4. The highest BCUT2D eigenvalue weighted by Crippen LogP contribution is 2.28. The number of methoxy groups -OCH3 is 1. The second-order valence-corrected chi connectivity index (χ2v) is 7.54. The number of aromatic nitrogens is 1. The van der Waals surface area contributed by atoms with Crippen molar-refractivity contribution >= 4 is 40.0 Å². The Hall–Kier alpha value is -3.71. The van der Waals surface area contributed by atoms with Gasteiger partial charge >= 0.3 is 0 Å². The molecule has 31 heavy (non-hydrogen) atoms. The van der Waals surface area contributed by atoms with Crippen molar-refractivity contribution in [2.75, 3.05) is 12.4 Å². The van der Waals surface area contributed by atoms with Crippen molar-refractivity contribution in [3.05, 3.63) is 77.4 Å². The molecule has 0 bridgehead atoms. The normalized spacial score (nSPS) is 10.7. The molecule has 156 valence electrons. The van der Waals surface area contributed by atoms with E-state index in [-0.39, 0.29) is 11.0 Å². The minimum Gasteiger partial charge on any atom is -0.496 e. The first-order valence-electron chi connectivity index (χ1n) is 9.68. The van der Waals surface area contributed by atoms with Gasteiger partial charge in [0.05, 0.1) is 12.7 Å². The summed E-state index contributed by atoms with van der Waals surface area (Å²) in [5.41, 5.74) is 5.83. The van der Waals surface area contributed by atoms with Crippen LogP contribution in [-0.2, 0) is 0 Å². The van der Waals surface area contributed by atoms with Crippen LogP contribution in [0.2, 0.25) is 0 Å². The minimum atomic E-state index is -0.344. The first-order valence-corrected chi connectivity index (χ1v) is 10.1. The highest BCUT2D eigenvalue weighted by atomic mass is 32.1. The van der Waals surface area contributed by atoms with E-state index in [2.05, 4.69) is 21.7 Å². The van der Waals surface area contributed by atoms with Crippen molar-refractivity contribution < 1.29 is 13.9 Å². The average Bonchev–Trinajstić information content (AvgIpc) is 3.18. The van der Waals surface area contributed by atoms with Crippen LogP contribution >= 0.6 is 12.2 Å². The van der Waals surface area contributed by atoms with E-state index in [0.717, 1.165) is 33.5 Å². The molecule has 0 aliphatic carbocycles. The molecular weight excluding hydrogens is 410 g/mol. The largest absolute Gasteiger partial charge is 0.496 e. The molecule has 4 aromatic rings. The van der Waals surface area contributed by atoms with Crippen LogP contribution in [0.15, 0.2) is 65.1 Å². The molecule has 0 unspecified atom stereocenters. The van der Waals surface area contributed by atoms with E-state index in [0.29, 0.717) is 17.2 Å². The number of nitrogens with zero attached hydrogens (tertiary/aromatic N) is 1. The van der Waals surface area contributed by atoms with E-state index in [4.69, 9.17) is 21.4 Å². The monoisotopic (exact) mass is 431 g/mol. The Morgan fingerprint density at radius 1 is 1.06 bits per heavy atom. The van der Waals surface area contributed by atoms with Crippen LogP contribution in [0.4, 0.5) is 5.69 Å². The molecule has 0 aliphatic rings. The van der Waals surface area contributed by atoms with Crippen molar-refractivity contribution in [1.82, 2.24) is 10.3 Å². The summed E-state index contributed by atoms with van der Waals surface area (Å²) in [6.07, 6.45) is 0. The Morgan fingerprint density at radius 2 is 1.81 bits per heavy atom. The highest BCUT2D eigenvalue weighted by molar-refractivity contribution is 7.80. The quantitative estimate of drug-likeness (QED) is 0.430. The zero-order chi connectivity index (χ0) is 22.0. The number of amides is 1. The molecule has 1 amide bonds. The van der Waals surface area contributed by atoms with Crippen LogP contribution in [0.5, 0.6) is 5.75 Å². The van der Waals surface area contributed by atoms with Crippen LogP contribution in [0, 0.1) is 13.8 Å². The fourth-order valence-corrected chi connectivity index (χ4v) is 3.57. The number of hydrogen-bond acceptors (Lipinski definition) is 5. The van der Waals surface area contributed by atoms with Gasteiger partial charge < -0.3 is 14.5 Å². The zero-order valence-corrected chi connectivity index (χ0v) is 18.2. The standard InChI is InChI=1S/C24H21N3O3S/c1-14-12-15(2)21-19(13-14)26-23(30-21)16-8-10-17(11-9-16)25-24(31)27-22(28)18-6-4-5-7-20(18)29-3/h4-13H,1-3H3,(H2,25,27,28,31). The molecule has 0 radical (unpaired) electrons. The van der Waals surface area contributed by atoms with E-state index in [1.165, 1.54) is 7.11 Å². The number of para-hydroxylation sites is 1. The van der Waals surface area contributed by atoms with Gasteiger partial charge in [0.15, 0.2) is 10.7 Å². The average molecular weight is 432 g/mol. The molecule has 2 N–H and O–H groups in total. The van der Waals surface area contributed by atoms with Gasteiger partial charge in [-0.25, -0.2) is 4.98 Å². The van der Waals surface area contributed by atoms with Crippen molar-refractivity contribution in [3.63, 3.8) is 0 Å². The molecule has 7 heteroatoms. The van der Waals surface area contributed by atoms with Gasteiger partial charge in [0.25, 0.3) is 5.91 Å². The molecule has 3 aromatic carbocycles. The molecule has 6 nitrogen and oxygen atoms in total. The van der Waals surface area contributed by atoms with Crippen LogP contribution in [0.1, 0.15) is 21.5 Å². The van der Waals surface area contributed by atoms with Crippen LogP contribution < -0.4 is 15.4 Å². The number of rotatable bonds is 4. The molecule has 0 atom stereocenters. The summed E-state index contributed by atoms with van der Waals surface area (Å²) in [6.45, 7) is 4.05. The van der Waals surface area contributed by atoms with Gasteiger partial charge in [-0.3, -0.25) is 10.1 Å². The SMILES string of the molecule is COc1ccccc1C(=O)NC(=S)Nc1ccc(-c2nc3cc(C)cc(C)c3o2)cc1. The van der Waals surface area contributed by atoms with Gasteiger partial charge in [0, 0.05) is 11.3 Å². The first kappa shape index (κ1) is 20.6. The molecule has 0 fully saturated rings.